The molecule has 0 unspecified atom stereocenters. The van der Waals surface area contributed by atoms with Gasteiger partial charge in [-0.15, -0.1) is 11.3 Å². The summed E-state index contributed by atoms with van der Waals surface area (Å²) in [5.41, 5.74) is 0.318. The van der Waals surface area contributed by atoms with Crippen LogP contribution in [-0.4, -0.2) is 30.1 Å². The lowest BCUT2D eigenvalue weighted by atomic mass is 9.82. The predicted molar refractivity (Wildman–Crippen MR) is 89.0 cm³/mol. The van der Waals surface area contributed by atoms with E-state index in [9.17, 15) is 19.5 Å². The minimum Gasteiger partial charge on any atom is -0.481 e. The monoisotopic (exact) mass is 349 g/mol. The number of allylic oxidation sites excluding steroid dienone is 2. The number of carbonyl (C=O) groups is 3. The molecule has 6 nitrogen and oxygen atoms in total. The number of aliphatic carboxylic acids is 1. The van der Waals surface area contributed by atoms with Crippen LogP contribution in [0.15, 0.2) is 18.2 Å². The highest BCUT2D eigenvalue weighted by Gasteiger charge is 2.51. The summed E-state index contributed by atoms with van der Waals surface area (Å²) in [6.45, 7) is 1.96. The maximum absolute atomic E-state index is 12.7. The van der Waals surface area contributed by atoms with Gasteiger partial charge < -0.3 is 15.2 Å². The first-order chi connectivity index (χ1) is 11.5. The van der Waals surface area contributed by atoms with Crippen LogP contribution in [0.1, 0.15) is 28.6 Å². The van der Waals surface area contributed by atoms with Gasteiger partial charge in [0, 0.05) is 4.88 Å². The van der Waals surface area contributed by atoms with Crippen molar-refractivity contribution in [3.05, 3.63) is 28.7 Å². The Labute approximate surface area is 143 Å². The fraction of sp³-hybridized carbons (Fsp3) is 0.471. The van der Waals surface area contributed by atoms with Gasteiger partial charge in [0.1, 0.15) is 5.00 Å². The molecule has 2 bridgehead atoms. The minimum atomic E-state index is -0.944. The van der Waals surface area contributed by atoms with Gasteiger partial charge in [-0.05, 0) is 30.7 Å². The van der Waals surface area contributed by atoms with Gasteiger partial charge in [0.05, 0.1) is 24.5 Å². The van der Waals surface area contributed by atoms with E-state index in [4.69, 9.17) is 4.74 Å². The van der Waals surface area contributed by atoms with Crippen LogP contribution in [0.5, 0.6) is 0 Å². The lowest BCUT2D eigenvalue weighted by Crippen LogP contribution is -2.36. The fourth-order valence-corrected chi connectivity index (χ4v) is 4.67. The number of thiophene rings is 1. The molecule has 24 heavy (non-hydrogen) atoms. The molecule has 7 heteroatoms. The zero-order valence-corrected chi connectivity index (χ0v) is 14.3. The van der Waals surface area contributed by atoms with Gasteiger partial charge in [-0.1, -0.05) is 19.1 Å². The Morgan fingerprint density at radius 2 is 1.96 bits per heavy atom. The zero-order chi connectivity index (χ0) is 17.4. The Bertz CT molecular complexity index is 723. The number of hydrogen-bond acceptors (Lipinski definition) is 5. The van der Waals surface area contributed by atoms with Gasteiger partial charge in [0.15, 0.2) is 0 Å². The molecule has 0 radical (unpaired) electrons. The third-order valence-corrected chi connectivity index (χ3v) is 6.02. The van der Waals surface area contributed by atoms with Gasteiger partial charge in [-0.2, -0.15) is 0 Å². The Kier molecular flexibility index (Phi) is 4.45. The van der Waals surface area contributed by atoms with E-state index >= 15 is 0 Å². The summed E-state index contributed by atoms with van der Waals surface area (Å²) < 4.78 is 4.76. The highest BCUT2D eigenvalue weighted by atomic mass is 32.1. The summed E-state index contributed by atoms with van der Waals surface area (Å²) in [5, 5.41) is 12.7. The molecule has 1 aromatic rings. The van der Waals surface area contributed by atoms with Crippen LogP contribution in [0, 0.1) is 23.7 Å². The molecule has 0 aliphatic heterocycles. The van der Waals surface area contributed by atoms with Crippen LogP contribution in [0.25, 0.3) is 0 Å². The van der Waals surface area contributed by atoms with E-state index in [1.54, 1.807) is 6.07 Å². The Balaban J connectivity index is 1.85. The Morgan fingerprint density at radius 1 is 1.29 bits per heavy atom. The van der Waals surface area contributed by atoms with Gasteiger partial charge in [0.2, 0.25) is 5.91 Å². The maximum atomic E-state index is 12.7. The van der Waals surface area contributed by atoms with Crippen LogP contribution in [0.4, 0.5) is 5.00 Å². The van der Waals surface area contributed by atoms with Crippen molar-refractivity contribution in [2.45, 2.75) is 19.8 Å². The number of hydrogen-bond donors (Lipinski definition) is 2. The molecule has 1 amide bonds. The highest BCUT2D eigenvalue weighted by molar-refractivity contribution is 7.16. The van der Waals surface area contributed by atoms with Crippen molar-refractivity contribution in [1.82, 2.24) is 0 Å². The molecule has 0 saturated heterocycles. The van der Waals surface area contributed by atoms with Crippen LogP contribution >= 0.6 is 11.3 Å². The van der Waals surface area contributed by atoms with Crippen LogP contribution < -0.4 is 5.32 Å². The van der Waals surface area contributed by atoms with Gasteiger partial charge >= 0.3 is 11.9 Å². The molecule has 1 heterocycles. The molecule has 2 aliphatic carbocycles. The largest absolute Gasteiger partial charge is 0.481 e. The Morgan fingerprint density at radius 3 is 2.54 bits per heavy atom. The number of carboxylic acids is 1. The molecule has 2 N–H and O–H groups in total. The van der Waals surface area contributed by atoms with E-state index < -0.39 is 23.8 Å². The highest BCUT2D eigenvalue weighted by Crippen LogP contribution is 2.48. The standard InChI is InChI=1S/C17H19NO5S/c1-3-10-7-11(17(22)23-2)15(24-10)18-14(19)12-8-4-5-9(6-8)13(12)16(20)21/h4-5,7-9,12-13H,3,6H2,1-2H3,(H,18,19)(H,20,21)/t8-,9-,12+,13-/m0/s1. The third kappa shape index (κ3) is 2.73. The predicted octanol–water partition coefficient (Wildman–Crippen LogP) is 2.56. The summed E-state index contributed by atoms with van der Waals surface area (Å²) in [6, 6.07) is 1.71. The summed E-state index contributed by atoms with van der Waals surface area (Å²) in [4.78, 5) is 37.1. The van der Waals surface area contributed by atoms with Crippen LogP contribution in [0.2, 0.25) is 0 Å². The van der Waals surface area contributed by atoms with E-state index in [-0.39, 0.29) is 17.7 Å². The van der Waals surface area contributed by atoms with Crippen molar-refractivity contribution in [2.75, 3.05) is 12.4 Å². The van der Waals surface area contributed by atoms with Crippen LogP contribution in [0.3, 0.4) is 0 Å². The van der Waals surface area contributed by atoms with Crippen molar-refractivity contribution in [2.24, 2.45) is 23.7 Å². The van der Waals surface area contributed by atoms with E-state index in [2.05, 4.69) is 5.32 Å². The molecule has 1 aromatic heterocycles. The average molecular weight is 349 g/mol. The third-order valence-electron chi connectivity index (χ3n) is 4.82. The molecule has 2 aliphatic rings. The summed E-state index contributed by atoms with van der Waals surface area (Å²) in [6.07, 6.45) is 5.26. The second kappa shape index (κ2) is 6.39. The quantitative estimate of drug-likeness (QED) is 0.629. The number of carboxylic acid groups (broad SMARTS) is 1. The minimum absolute atomic E-state index is 0.0525. The smallest absolute Gasteiger partial charge is 0.340 e. The summed E-state index contributed by atoms with van der Waals surface area (Å²) >= 11 is 1.32. The van der Waals surface area contributed by atoms with E-state index in [0.717, 1.165) is 11.3 Å². The van der Waals surface area contributed by atoms with E-state index in [1.807, 2.05) is 19.1 Å². The normalized spacial score (nSPS) is 27.2. The molecule has 0 aromatic carbocycles. The van der Waals surface area contributed by atoms with Gasteiger partial charge in [-0.25, -0.2) is 4.79 Å². The van der Waals surface area contributed by atoms with Crippen molar-refractivity contribution in [3.8, 4) is 0 Å². The van der Waals surface area contributed by atoms with Crippen molar-refractivity contribution in [3.63, 3.8) is 0 Å². The number of nitrogens with one attached hydrogen (secondary N) is 1. The lowest BCUT2D eigenvalue weighted by Gasteiger charge is -2.23. The van der Waals surface area contributed by atoms with E-state index in [1.165, 1.54) is 18.4 Å². The Hall–Kier alpha value is -2.15. The zero-order valence-electron chi connectivity index (χ0n) is 13.4. The molecule has 1 fully saturated rings. The number of aryl methyl sites for hydroxylation is 1. The summed E-state index contributed by atoms with van der Waals surface area (Å²) in [7, 11) is 1.29. The second-order valence-corrected chi connectivity index (χ2v) is 7.26. The van der Waals surface area contributed by atoms with Crippen molar-refractivity contribution >= 4 is 34.2 Å². The molecule has 0 spiro atoms. The number of rotatable bonds is 5. The fourth-order valence-electron chi connectivity index (χ4n) is 3.68. The maximum Gasteiger partial charge on any atom is 0.340 e. The van der Waals surface area contributed by atoms with Crippen molar-refractivity contribution < 1.29 is 24.2 Å². The van der Waals surface area contributed by atoms with E-state index in [0.29, 0.717) is 17.0 Å². The van der Waals surface area contributed by atoms with Crippen molar-refractivity contribution in [1.29, 1.82) is 0 Å². The number of carbonyl (C=O) groups excluding carboxylic acids is 2. The lowest BCUT2D eigenvalue weighted by molar-refractivity contribution is -0.146. The molecule has 3 rings (SSSR count). The first-order valence-corrected chi connectivity index (χ1v) is 8.70. The number of fused-ring (bicyclic) bond motifs is 2. The van der Waals surface area contributed by atoms with Crippen LogP contribution in [-0.2, 0) is 20.7 Å². The number of amides is 1. The first-order valence-electron chi connectivity index (χ1n) is 7.89. The van der Waals surface area contributed by atoms with Gasteiger partial charge in [0.25, 0.3) is 0 Å². The number of methoxy groups -OCH3 is 1. The number of ether oxygens (including phenoxy) is 1. The van der Waals surface area contributed by atoms with Gasteiger partial charge in [-0.3, -0.25) is 9.59 Å². The number of esters is 1. The summed E-state index contributed by atoms with van der Waals surface area (Å²) in [5.74, 6) is -3.23. The molecule has 4 atom stereocenters. The average Bonchev–Trinajstić information content (AvgIpc) is 3.27. The second-order valence-electron chi connectivity index (χ2n) is 6.13. The molecule has 1 saturated carbocycles. The first kappa shape index (κ1) is 16.7. The molecular weight excluding hydrogens is 330 g/mol. The number of anilines is 1. The SMILES string of the molecule is CCc1cc(C(=O)OC)c(NC(=O)[C@H]2[C@@H](C(=O)O)[C@H]3C=C[C@H]2C3)s1. The molecular formula is C17H19NO5S. The molecule has 128 valence electrons. The topological polar surface area (TPSA) is 92.7 Å².